The van der Waals surface area contributed by atoms with Gasteiger partial charge < -0.3 is 10.6 Å². The molecule has 2 amide bonds. The maximum atomic E-state index is 14.5. The Morgan fingerprint density at radius 3 is 2.56 bits per heavy atom. The number of carbonyl (C=O) groups excluding carboxylic acids is 2. The van der Waals surface area contributed by atoms with Crippen LogP contribution in [0.5, 0.6) is 0 Å². The highest BCUT2D eigenvalue weighted by Crippen LogP contribution is 2.24. The topological polar surface area (TPSA) is 81.2 Å². The first-order valence-corrected chi connectivity index (χ1v) is 7.85. The molecule has 0 unspecified atom stereocenters. The van der Waals surface area contributed by atoms with E-state index >= 15 is 0 Å². The number of rotatable bonds is 3. The van der Waals surface area contributed by atoms with Gasteiger partial charge in [-0.25, -0.2) is 13.5 Å². The smallest absolute Gasteiger partial charge is 0.254 e. The third-order valence-corrected chi connectivity index (χ3v) is 4.27. The van der Waals surface area contributed by atoms with Crippen molar-refractivity contribution < 1.29 is 18.4 Å². The molecule has 2 N–H and O–H groups in total. The number of primary amides is 1. The molecule has 0 saturated carbocycles. The lowest BCUT2D eigenvalue weighted by Crippen LogP contribution is -2.43. The molecule has 3 rings (SSSR count). The summed E-state index contributed by atoms with van der Waals surface area (Å²) in [5.41, 5.74) is 6.96. The highest BCUT2D eigenvalue weighted by molar-refractivity contribution is 5.98. The molecule has 1 fully saturated rings. The molecule has 25 heavy (non-hydrogen) atoms. The SMILES string of the molecule is Cc1cc(C)n(-c2ccc(C(=O)N3C[C@H](F)C[C@H]3C(N)=O)cc2F)n1. The van der Waals surface area contributed by atoms with Gasteiger partial charge in [0.05, 0.1) is 12.2 Å². The van der Waals surface area contributed by atoms with Crippen LogP contribution in [0.4, 0.5) is 8.78 Å². The van der Waals surface area contributed by atoms with Gasteiger partial charge in [-0.05, 0) is 38.1 Å². The van der Waals surface area contributed by atoms with Gasteiger partial charge in [0.1, 0.15) is 23.7 Å². The van der Waals surface area contributed by atoms with Crippen LogP contribution in [-0.4, -0.2) is 45.3 Å². The number of benzene rings is 1. The third kappa shape index (κ3) is 3.11. The Labute approximate surface area is 143 Å². The van der Waals surface area contributed by atoms with Gasteiger partial charge in [-0.1, -0.05) is 0 Å². The molecule has 0 spiro atoms. The van der Waals surface area contributed by atoms with Crippen LogP contribution in [0.2, 0.25) is 0 Å². The lowest BCUT2D eigenvalue weighted by atomic mass is 10.1. The molecule has 0 aliphatic carbocycles. The van der Waals surface area contributed by atoms with Gasteiger partial charge in [0.15, 0.2) is 0 Å². The minimum atomic E-state index is -1.32. The number of likely N-dealkylation sites (tertiary alicyclic amines) is 1. The van der Waals surface area contributed by atoms with Crippen molar-refractivity contribution in [1.29, 1.82) is 0 Å². The highest BCUT2D eigenvalue weighted by Gasteiger charge is 2.39. The van der Waals surface area contributed by atoms with E-state index in [4.69, 9.17) is 5.73 Å². The van der Waals surface area contributed by atoms with Crippen LogP contribution in [0.1, 0.15) is 28.2 Å². The number of nitrogens with zero attached hydrogens (tertiary/aromatic N) is 3. The lowest BCUT2D eigenvalue weighted by Gasteiger charge is -2.22. The van der Waals surface area contributed by atoms with E-state index in [-0.39, 0.29) is 24.2 Å². The second kappa shape index (κ2) is 6.27. The fourth-order valence-electron chi connectivity index (χ4n) is 3.13. The van der Waals surface area contributed by atoms with Crippen molar-refractivity contribution in [1.82, 2.24) is 14.7 Å². The normalized spacial score (nSPS) is 20.1. The molecule has 1 saturated heterocycles. The average molecular weight is 348 g/mol. The molecule has 0 radical (unpaired) electrons. The Morgan fingerprint density at radius 1 is 1.28 bits per heavy atom. The van der Waals surface area contributed by atoms with E-state index in [1.54, 1.807) is 13.8 Å². The summed E-state index contributed by atoms with van der Waals surface area (Å²) in [7, 11) is 0. The third-order valence-electron chi connectivity index (χ3n) is 4.27. The van der Waals surface area contributed by atoms with E-state index in [2.05, 4.69) is 5.10 Å². The molecular weight excluding hydrogens is 330 g/mol. The van der Waals surface area contributed by atoms with Gasteiger partial charge >= 0.3 is 0 Å². The van der Waals surface area contributed by atoms with Crippen molar-refractivity contribution in [2.24, 2.45) is 5.73 Å². The number of hydrogen-bond acceptors (Lipinski definition) is 3. The predicted molar refractivity (Wildman–Crippen MR) is 86.5 cm³/mol. The molecule has 2 aromatic rings. The fraction of sp³-hybridized carbons (Fsp3) is 0.353. The van der Waals surface area contributed by atoms with Gasteiger partial charge in [-0.15, -0.1) is 0 Å². The van der Waals surface area contributed by atoms with E-state index in [1.807, 2.05) is 6.07 Å². The van der Waals surface area contributed by atoms with Gasteiger partial charge in [0.2, 0.25) is 5.91 Å². The monoisotopic (exact) mass is 348 g/mol. The van der Waals surface area contributed by atoms with Crippen molar-refractivity contribution in [3.05, 3.63) is 47.0 Å². The van der Waals surface area contributed by atoms with E-state index in [9.17, 15) is 18.4 Å². The van der Waals surface area contributed by atoms with E-state index in [0.717, 1.165) is 22.4 Å². The van der Waals surface area contributed by atoms with Crippen LogP contribution in [0.25, 0.3) is 5.69 Å². The van der Waals surface area contributed by atoms with Crippen LogP contribution in [0.3, 0.4) is 0 Å². The molecule has 1 aliphatic rings. The van der Waals surface area contributed by atoms with Crippen molar-refractivity contribution in [2.75, 3.05) is 6.54 Å². The number of hydrogen-bond donors (Lipinski definition) is 1. The molecule has 6 nitrogen and oxygen atoms in total. The van der Waals surface area contributed by atoms with Crippen molar-refractivity contribution >= 4 is 11.8 Å². The van der Waals surface area contributed by atoms with Crippen molar-refractivity contribution in [3.8, 4) is 5.69 Å². The zero-order valence-corrected chi connectivity index (χ0v) is 13.9. The predicted octanol–water partition coefficient (Wildman–Crippen LogP) is 1.67. The molecule has 1 aliphatic heterocycles. The summed E-state index contributed by atoms with van der Waals surface area (Å²) in [6.07, 6.45) is -1.45. The Morgan fingerprint density at radius 2 is 2.00 bits per heavy atom. The van der Waals surface area contributed by atoms with E-state index in [1.165, 1.54) is 16.8 Å². The first-order chi connectivity index (χ1) is 11.8. The zero-order valence-electron chi connectivity index (χ0n) is 13.9. The molecule has 2 atom stereocenters. The van der Waals surface area contributed by atoms with E-state index in [0.29, 0.717) is 0 Å². The molecule has 8 heteroatoms. The number of halogens is 2. The van der Waals surface area contributed by atoms with Gasteiger partial charge in [0, 0.05) is 17.7 Å². The summed E-state index contributed by atoms with van der Waals surface area (Å²) >= 11 is 0. The van der Waals surface area contributed by atoms with Crippen LogP contribution in [0.15, 0.2) is 24.3 Å². The van der Waals surface area contributed by atoms with Crippen LogP contribution in [-0.2, 0) is 4.79 Å². The molecular formula is C17H18F2N4O2. The Hall–Kier alpha value is -2.77. The largest absolute Gasteiger partial charge is 0.368 e. The summed E-state index contributed by atoms with van der Waals surface area (Å²) in [5.74, 6) is -2.03. The zero-order chi connectivity index (χ0) is 18.3. The molecule has 1 aromatic heterocycles. The fourth-order valence-corrected chi connectivity index (χ4v) is 3.13. The molecule has 132 valence electrons. The highest BCUT2D eigenvalue weighted by atomic mass is 19.1. The number of aryl methyl sites for hydroxylation is 2. The van der Waals surface area contributed by atoms with Crippen LogP contribution < -0.4 is 5.73 Å². The van der Waals surface area contributed by atoms with Crippen molar-refractivity contribution in [3.63, 3.8) is 0 Å². The van der Waals surface area contributed by atoms with Crippen molar-refractivity contribution in [2.45, 2.75) is 32.5 Å². The number of carbonyl (C=O) groups is 2. The van der Waals surface area contributed by atoms with Crippen LogP contribution >= 0.6 is 0 Å². The van der Waals surface area contributed by atoms with Gasteiger partial charge in [0.25, 0.3) is 5.91 Å². The Bertz CT molecular complexity index is 849. The number of nitrogens with two attached hydrogens (primary N) is 1. The summed E-state index contributed by atoms with van der Waals surface area (Å²) in [4.78, 5) is 25.0. The standard InChI is InChI=1S/C17H18F2N4O2/c1-9-5-10(2)23(21-9)14-4-3-11(6-13(14)19)17(25)22-8-12(18)7-15(22)16(20)24/h3-6,12,15H,7-8H2,1-2H3,(H2,20,24)/t12-,15+/m1/s1. The molecule has 0 bridgehead atoms. The lowest BCUT2D eigenvalue weighted by molar-refractivity contribution is -0.121. The first-order valence-electron chi connectivity index (χ1n) is 7.85. The second-order valence-electron chi connectivity index (χ2n) is 6.21. The van der Waals surface area contributed by atoms with Gasteiger partial charge in [-0.2, -0.15) is 5.10 Å². The second-order valence-corrected chi connectivity index (χ2v) is 6.21. The Balaban J connectivity index is 1.91. The van der Waals surface area contributed by atoms with Crippen LogP contribution in [0, 0.1) is 19.7 Å². The molecule has 2 heterocycles. The summed E-state index contributed by atoms with van der Waals surface area (Å²) in [6, 6.07) is 4.73. The first kappa shape index (κ1) is 17.1. The maximum absolute atomic E-state index is 14.5. The maximum Gasteiger partial charge on any atom is 0.254 e. The summed E-state index contributed by atoms with van der Waals surface area (Å²) < 4.78 is 29.5. The number of aromatic nitrogens is 2. The Kier molecular flexibility index (Phi) is 4.28. The van der Waals surface area contributed by atoms with Gasteiger partial charge in [-0.3, -0.25) is 9.59 Å². The summed E-state index contributed by atoms with van der Waals surface area (Å²) in [6.45, 7) is 3.36. The molecule has 1 aromatic carbocycles. The van der Waals surface area contributed by atoms with E-state index < -0.39 is 29.8 Å². The average Bonchev–Trinajstić information content (AvgIpc) is 3.09. The quantitative estimate of drug-likeness (QED) is 0.916. The summed E-state index contributed by atoms with van der Waals surface area (Å²) in [5, 5.41) is 4.21. The minimum absolute atomic E-state index is 0.0307. The number of alkyl halides is 1. The minimum Gasteiger partial charge on any atom is -0.368 e. The number of amides is 2.